The van der Waals surface area contributed by atoms with Crippen LogP contribution in [0.3, 0.4) is 0 Å². The van der Waals surface area contributed by atoms with E-state index in [2.05, 4.69) is 21.9 Å². The van der Waals surface area contributed by atoms with Crippen LogP contribution in [0.25, 0.3) is 5.70 Å². The second-order valence-corrected chi connectivity index (χ2v) is 6.62. The van der Waals surface area contributed by atoms with Crippen molar-refractivity contribution in [2.24, 2.45) is 5.84 Å². The lowest BCUT2D eigenvalue weighted by atomic mass is 10.2. The minimum Gasteiger partial charge on any atom is -0.481 e. The van der Waals surface area contributed by atoms with Gasteiger partial charge in [0.05, 0.1) is 30.4 Å². The van der Waals surface area contributed by atoms with Crippen LogP contribution in [0.1, 0.15) is 12.1 Å². The Balaban J connectivity index is 1.80. The van der Waals surface area contributed by atoms with Gasteiger partial charge in [-0.15, -0.1) is 0 Å². The summed E-state index contributed by atoms with van der Waals surface area (Å²) < 4.78 is 5.10. The van der Waals surface area contributed by atoms with E-state index in [0.717, 1.165) is 26.2 Å². The lowest BCUT2D eigenvalue weighted by Crippen LogP contribution is -2.47. The Labute approximate surface area is 165 Å². The van der Waals surface area contributed by atoms with E-state index in [1.807, 2.05) is 35.2 Å². The molecule has 3 heterocycles. The Kier molecular flexibility index (Phi) is 6.57. The maximum atomic E-state index is 12.6. The zero-order valence-corrected chi connectivity index (χ0v) is 16.3. The Morgan fingerprint density at radius 3 is 2.61 bits per heavy atom. The van der Waals surface area contributed by atoms with Crippen LogP contribution in [0.4, 0.5) is 5.69 Å². The second-order valence-electron chi connectivity index (χ2n) is 6.62. The van der Waals surface area contributed by atoms with Crippen molar-refractivity contribution in [2.75, 3.05) is 45.3 Å². The van der Waals surface area contributed by atoms with E-state index >= 15 is 0 Å². The number of carbonyl (C=O) groups is 1. The molecule has 0 aliphatic carbocycles. The number of nitrogens with two attached hydrogens (primary N) is 1. The lowest BCUT2D eigenvalue weighted by molar-refractivity contribution is -0.131. The van der Waals surface area contributed by atoms with Crippen LogP contribution >= 0.6 is 0 Å². The third-order valence-electron chi connectivity index (χ3n) is 4.72. The normalized spacial score (nSPS) is 15.4. The molecule has 3 rings (SSSR count). The molecule has 1 amide bonds. The van der Waals surface area contributed by atoms with Crippen LogP contribution in [0.2, 0.25) is 0 Å². The Hall–Kier alpha value is -2.97. The van der Waals surface area contributed by atoms with Crippen LogP contribution in [0.15, 0.2) is 48.8 Å². The maximum absolute atomic E-state index is 12.6. The minimum absolute atomic E-state index is 0.0859. The van der Waals surface area contributed by atoms with Crippen LogP contribution < -0.4 is 15.6 Å². The first-order valence-electron chi connectivity index (χ1n) is 9.21. The van der Waals surface area contributed by atoms with Crippen molar-refractivity contribution in [3.63, 3.8) is 0 Å². The number of methoxy groups -OCH3 is 1. The summed E-state index contributed by atoms with van der Waals surface area (Å²) in [5.41, 5.74) is 2.01. The van der Waals surface area contributed by atoms with Crippen molar-refractivity contribution in [3.8, 4) is 5.88 Å². The van der Waals surface area contributed by atoms with E-state index in [4.69, 9.17) is 10.6 Å². The summed E-state index contributed by atoms with van der Waals surface area (Å²) in [6.07, 6.45) is 5.41. The average molecular weight is 382 g/mol. The highest BCUT2D eigenvalue weighted by Gasteiger charge is 2.19. The SMILES string of the molecule is COc1ccc(N(N)/C(=C\CC(=O)N2CCN(C)CC2)c2ccccn2)cn1. The van der Waals surface area contributed by atoms with Crippen molar-refractivity contribution in [2.45, 2.75) is 6.42 Å². The zero-order valence-electron chi connectivity index (χ0n) is 16.3. The van der Waals surface area contributed by atoms with Gasteiger partial charge < -0.3 is 14.5 Å². The number of hydrogen-bond acceptors (Lipinski definition) is 7. The van der Waals surface area contributed by atoms with Crippen LogP contribution in [-0.4, -0.2) is 66.0 Å². The third kappa shape index (κ3) is 4.85. The highest BCUT2D eigenvalue weighted by molar-refractivity contribution is 5.83. The Morgan fingerprint density at radius 1 is 1.21 bits per heavy atom. The fourth-order valence-electron chi connectivity index (χ4n) is 2.98. The number of aromatic nitrogens is 2. The molecule has 0 radical (unpaired) electrons. The molecule has 2 aromatic heterocycles. The van der Waals surface area contributed by atoms with Gasteiger partial charge in [0.15, 0.2) is 0 Å². The highest BCUT2D eigenvalue weighted by Crippen LogP contribution is 2.23. The highest BCUT2D eigenvalue weighted by atomic mass is 16.5. The monoisotopic (exact) mass is 382 g/mol. The molecule has 8 heteroatoms. The molecule has 0 aromatic carbocycles. The molecule has 148 valence electrons. The fourth-order valence-corrected chi connectivity index (χ4v) is 2.98. The molecule has 0 saturated carbocycles. The lowest BCUT2D eigenvalue weighted by Gasteiger charge is -2.32. The molecule has 1 aliphatic heterocycles. The number of rotatable bonds is 6. The molecule has 2 aromatic rings. The standard InChI is InChI=1S/C20H26N6O2/c1-24-11-13-25(14-12-24)20(27)9-7-18(17-5-3-4-10-22-17)26(21)16-6-8-19(28-2)23-15-16/h3-8,10,15H,9,11-14,21H2,1-2H3/b18-7-. The van der Waals surface area contributed by atoms with Crippen molar-refractivity contribution in [1.82, 2.24) is 19.8 Å². The summed E-state index contributed by atoms with van der Waals surface area (Å²) in [4.78, 5) is 25.3. The smallest absolute Gasteiger partial charge is 0.226 e. The Bertz CT molecular complexity index is 801. The maximum Gasteiger partial charge on any atom is 0.226 e. The number of nitrogens with zero attached hydrogens (tertiary/aromatic N) is 5. The number of hydrazine groups is 1. The minimum atomic E-state index is 0.0859. The van der Waals surface area contributed by atoms with Crippen molar-refractivity contribution >= 4 is 17.3 Å². The van der Waals surface area contributed by atoms with Gasteiger partial charge in [-0.25, -0.2) is 10.8 Å². The third-order valence-corrected chi connectivity index (χ3v) is 4.72. The zero-order chi connectivity index (χ0) is 19.9. The number of likely N-dealkylation sites (N-methyl/N-ethyl adjacent to an activating group) is 1. The van der Waals surface area contributed by atoms with Gasteiger partial charge in [-0.3, -0.25) is 14.8 Å². The largest absolute Gasteiger partial charge is 0.481 e. The summed E-state index contributed by atoms with van der Waals surface area (Å²) in [7, 11) is 3.63. The van der Waals surface area contributed by atoms with Gasteiger partial charge in [0.1, 0.15) is 0 Å². The Morgan fingerprint density at radius 2 is 2.00 bits per heavy atom. The molecule has 0 spiro atoms. The topological polar surface area (TPSA) is 87.8 Å². The van der Waals surface area contributed by atoms with Crippen molar-refractivity contribution < 1.29 is 9.53 Å². The number of amides is 1. The summed E-state index contributed by atoms with van der Waals surface area (Å²) in [5.74, 6) is 6.95. The number of anilines is 1. The van der Waals surface area contributed by atoms with Crippen molar-refractivity contribution in [3.05, 3.63) is 54.5 Å². The summed E-state index contributed by atoms with van der Waals surface area (Å²) in [6, 6.07) is 9.14. The van der Waals surface area contributed by atoms with Gasteiger partial charge in [0.25, 0.3) is 0 Å². The number of carbonyl (C=O) groups excluding carboxylic acids is 1. The molecule has 2 N–H and O–H groups in total. The molecule has 8 nitrogen and oxygen atoms in total. The van der Waals surface area contributed by atoms with Crippen LogP contribution in [0, 0.1) is 0 Å². The summed E-state index contributed by atoms with van der Waals surface area (Å²) >= 11 is 0. The number of pyridine rings is 2. The molecule has 0 bridgehead atoms. The van der Waals surface area contributed by atoms with E-state index < -0.39 is 0 Å². The van der Waals surface area contributed by atoms with Gasteiger partial charge >= 0.3 is 0 Å². The summed E-state index contributed by atoms with van der Waals surface area (Å²) in [5, 5.41) is 1.49. The first kappa shape index (κ1) is 19.8. The molecular weight excluding hydrogens is 356 g/mol. The predicted octanol–water partition coefficient (Wildman–Crippen LogP) is 1.37. The first-order chi connectivity index (χ1) is 13.6. The number of piperazine rings is 1. The van der Waals surface area contributed by atoms with E-state index in [-0.39, 0.29) is 12.3 Å². The number of hydrogen-bond donors (Lipinski definition) is 1. The van der Waals surface area contributed by atoms with Gasteiger partial charge in [-0.1, -0.05) is 6.07 Å². The molecule has 1 saturated heterocycles. The number of ether oxygens (including phenoxy) is 1. The van der Waals surface area contributed by atoms with E-state index in [0.29, 0.717) is 23.0 Å². The first-order valence-corrected chi connectivity index (χ1v) is 9.21. The van der Waals surface area contributed by atoms with Gasteiger partial charge in [0.2, 0.25) is 11.8 Å². The van der Waals surface area contributed by atoms with E-state index in [9.17, 15) is 4.79 Å². The quantitative estimate of drug-likeness (QED) is 0.596. The van der Waals surface area contributed by atoms with Gasteiger partial charge in [-0.05, 0) is 31.3 Å². The fraction of sp³-hybridized carbons (Fsp3) is 0.350. The predicted molar refractivity (Wildman–Crippen MR) is 108 cm³/mol. The molecular formula is C20H26N6O2. The van der Waals surface area contributed by atoms with Gasteiger partial charge in [-0.2, -0.15) is 0 Å². The van der Waals surface area contributed by atoms with Gasteiger partial charge in [0, 0.05) is 44.9 Å². The molecule has 1 aliphatic rings. The van der Waals surface area contributed by atoms with Crippen LogP contribution in [0.5, 0.6) is 5.88 Å². The molecule has 0 unspecified atom stereocenters. The van der Waals surface area contributed by atoms with Crippen LogP contribution in [-0.2, 0) is 4.79 Å². The molecule has 1 fully saturated rings. The second kappa shape index (κ2) is 9.29. The summed E-state index contributed by atoms with van der Waals surface area (Å²) in [6.45, 7) is 3.28. The van der Waals surface area contributed by atoms with Crippen molar-refractivity contribution in [1.29, 1.82) is 0 Å². The molecule has 28 heavy (non-hydrogen) atoms. The van der Waals surface area contributed by atoms with E-state index in [1.165, 1.54) is 5.01 Å². The molecule has 0 atom stereocenters. The average Bonchev–Trinajstić information content (AvgIpc) is 2.75. The van der Waals surface area contributed by atoms with E-state index in [1.54, 1.807) is 25.6 Å².